The molecule has 6 heteroatoms. The molecular weight excluding hydrogens is 258 g/mol. The van der Waals surface area contributed by atoms with Gasteiger partial charge in [-0.05, 0) is 31.5 Å². The monoisotopic (exact) mass is 277 g/mol. The van der Waals surface area contributed by atoms with E-state index in [1.54, 1.807) is 26.4 Å². The standard InChI is InChI=1S/C14H19N3O3/c1-5-14(2,19-4)13-16-12(20-17-13)9-6-7-11(18-3)10(15)8-9/h6-8H,5,15H2,1-4H3. The van der Waals surface area contributed by atoms with Crippen molar-refractivity contribution in [3.8, 4) is 17.2 Å². The largest absolute Gasteiger partial charge is 0.495 e. The highest BCUT2D eigenvalue weighted by atomic mass is 16.5. The molecule has 0 aliphatic carbocycles. The van der Waals surface area contributed by atoms with E-state index < -0.39 is 5.60 Å². The van der Waals surface area contributed by atoms with Crippen molar-refractivity contribution in [2.75, 3.05) is 20.0 Å². The molecule has 1 heterocycles. The second-order valence-corrected chi connectivity index (χ2v) is 4.67. The Bertz CT molecular complexity index is 591. The molecule has 2 rings (SSSR count). The van der Waals surface area contributed by atoms with Crippen molar-refractivity contribution in [1.82, 2.24) is 10.1 Å². The molecule has 1 aromatic heterocycles. The van der Waals surface area contributed by atoms with Crippen LogP contribution in [-0.2, 0) is 10.3 Å². The third kappa shape index (κ3) is 2.46. The van der Waals surface area contributed by atoms with Gasteiger partial charge in [0, 0.05) is 12.7 Å². The number of anilines is 1. The lowest BCUT2D eigenvalue weighted by atomic mass is 10.0. The summed E-state index contributed by atoms with van der Waals surface area (Å²) < 4.78 is 15.9. The Morgan fingerprint density at radius 1 is 1.35 bits per heavy atom. The first-order valence-corrected chi connectivity index (χ1v) is 6.37. The van der Waals surface area contributed by atoms with E-state index >= 15 is 0 Å². The molecule has 0 saturated heterocycles. The van der Waals surface area contributed by atoms with Crippen LogP contribution in [0.25, 0.3) is 11.5 Å². The van der Waals surface area contributed by atoms with Crippen molar-refractivity contribution < 1.29 is 14.0 Å². The summed E-state index contributed by atoms with van der Waals surface area (Å²) in [5, 5.41) is 4.00. The van der Waals surface area contributed by atoms with Gasteiger partial charge < -0.3 is 19.7 Å². The van der Waals surface area contributed by atoms with Crippen molar-refractivity contribution in [2.24, 2.45) is 0 Å². The summed E-state index contributed by atoms with van der Waals surface area (Å²) >= 11 is 0. The zero-order valence-corrected chi connectivity index (χ0v) is 12.1. The van der Waals surface area contributed by atoms with Gasteiger partial charge in [-0.25, -0.2) is 0 Å². The summed E-state index contributed by atoms with van der Waals surface area (Å²) in [5.41, 5.74) is 6.59. The number of nitrogens with zero attached hydrogens (tertiary/aromatic N) is 2. The summed E-state index contributed by atoms with van der Waals surface area (Å²) in [4.78, 5) is 4.39. The molecule has 1 unspecified atom stereocenters. The third-order valence-electron chi connectivity index (χ3n) is 3.50. The van der Waals surface area contributed by atoms with Crippen LogP contribution in [0.3, 0.4) is 0 Å². The lowest BCUT2D eigenvalue weighted by molar-refractivity contribution is -0.0106. The average molecular weight is 277 g/mol. The zero-order valence-electron chi connectivity index (χ0n) is 12.1. The van der Waals surface area contributed by atoms with Gasteiger partial charge in [-0.15, -0.1) is 0 Å². The van der Waals surface area contributed by atoms with Crippen LogP contribution >= 0.6 is 0 Å². The predicted octanol–water partition coefficient (Wildman–Crippen LogP) is 2.60. The van der Waals surface area contributed by atoms with Crippen LogP contribution in [-0.4, -0.2) is 24.4 Å². The van der Waals surface area contributed by atoms with Crippen molar-refractivity contribution in [1.29, 1.82) is 0 Å². The maximum absolute atomic E-state index is 5.87. The van der Waals surface area contributed by atoms with Crippen molar-refractivity contribution in [3.63, 3.8) is 0 Å². The van der Waals surface area contributed by atoms with Gasteiger partial charge in [0.15, 0.2) is 0 Å². The van der Waals surface area contributed by atoms with Crippen LogP contribution in [0.1, 0.15) is 26.1 Å². The third-order valence-corrected chi connectivity index (χ3v) is 3.50. The first kappa shape index (κ1) is 14.3. The predicted molar refractivity (Wildman–Crippen MR) is 75.4 cm³/mol. The number of aromatic nitrogens is 2. The molecule has 2 aromatic rings. The molecule has 0 amide bonds. The number of hydrogen-bond acceptors (Lipinski definition) is 6. The molecule has 1 atom stereocenters. The number of rotatable bonds is 5. The molecule has 6 nitrogen and oxygen atoms in total. The van der Waals surface area contributed by atoms with Gasteiger partial charge in [0.1, 0.15) is 11.4 Å². The first-order chi connectivity index (χ1) is 9.54. The molecule has 0 saturated carbocycles. The van der Waals surface area contributed by atoms with Crippen LogP contribution in [0.2, 0.25) is 0 Å². The Morgan fingerprint density at radius 3 is 2.65 bits per heavy atom. The fraction of sp³-hybridized carbons (Fsp3) is 0.429. The number of methoxy groups -OCH3 is 2. The molecule has 1 aromatic carbocycles. The lowest BCUT2D eigenvalue weighted by Crippen LogP contribution is -2.24. The second-order valence-electron chi connectivity index (χ2n) is 4.67. The number of hydrogen-bond donors (Lipinski definition) is 1. The zero-order chi connectivity index (χ0) is 14.8. The summed E-state index contributed by atoms with van der Waals surface area (Å²) in [6.07, 6.45) is 0.743. The fourth-order valence-corrected chi connectivity index (χ4v) is 1.82. The van der Waals surface area contributed by atoms with Crippen molar-refractivity contribution in [3.05, 3.63) is 24.0 Å². The minimum absolute atomic E-state index is 0.408. The Labute approximate surface area is 117 Å². The minimum Gasteiger partial charge on any atom is -0.495 e. The van der Waals surface area contributed by atoms with Crippen molar-refractivity contribution >= 4 is 5.69 Å². The minimum atomic E-state index is -0.556. The van der Waals surface area contributed by atoms with Gasteiger partial charge in [-0.3, -0.25) is 0 Å². The smallest absolute Gasteiger partial charge is 0.258 e. The van der Waals surface area contributed by atoms with Gasteiger partial charge in [0.05, 0.1) is 12.8 Å². The fourth-order valence-electron chi connectivity index (χ4n) is 1.82. The molecule has 0 fully saturated rings. The maximum Gasteiger partial charge on any atom is 0.258 e. The van der Waals surface area contributed by atoms with Gasteiger partial charge >= 0.3 is 0 Å². The summed E-state index contributed by atoms with van der Waals surface area (Å²) in [6, 6.07) is 5.33. The SMILES string of the molecule is CCC(C)(OC)c1noc(-c2ccc(OC)c(N)c2)n1. The molecule has 0 radical (unpaired) electrons. The van der Waals surface area contributed by atoms with E-state index in [1.807, 2.05) is 19.9 Å². The molecule has 2 N–H and O–H groups in total. The number of nitrogens with two attached hydrogens (primary N) is 1. The van der Waals surface area contributed by atoms with Gasteiger partial charge in [0.25, 0.3) is 5.89 Å². The van der Waals surface area contributed by atoms with Gasteiger partial charge in [0.2, 0.25) is 5.82 Å². The van der Waals surface area contributed by atoms with Crippen LogP contribution in [0, 0.1) is 0 Å². The van der Waals surface area contributed by atoms with E-state index in [0.717, 1.165) is 12.0 Å². The molecule has 108 valence electrons. The summed E-state index contributed by atoms with van der Waals surface area (Å²) in [7, 11) is 3.20. The van der Waals surface area contributed by atoms with E-state index in [0.29, 0.717) is 23.2 Å². The summed E-state index contributed by atoms with van der Waals surface area (Å²) in [6.45, 7) is 3.93. The Balaban J connectivity index is 2.36. The van der Waals surface area contributed by atoms with E-state index in [9.17, 15) is 0 Å². The van der Waals surface area contributed by atoms with Gasteiger partial charge in [-0.2, -0.15) is 4.98 Å². The van der Waals surface area contributed by atoms with Crippen LogP contribution in [0.4, 0.5) is 5.69 Å². The lowest BCUT2D eigenvalue weighted by Gasteiger charge is -2.21. The van der Waals surface area contributed by atoms with Crippen LogP contribution < -0.4 is 10.5 Å². The molecule has 20 heavy (non-hydrogen) atoms. The first-order valence-electron chi connectivity index (χ1n) is 6.37. The highest BCUT2D eigenvalue weighted by Crippen LogP contribution is 2.30. The topological polar surface area (TPSA) is 83.4 Å². The second kappa shape index (κ2) is 5.50. The Morgan fingerprint density at radius 2 is 2.10 bits per heavy atom. The molecule has 0 aliphatic heterocycles. The quantitative estimate of drug-likeness (QED) is 0.846. The average Bonchev–Trinajstić information content (AvgIpc) is 2.96. The molecule has 0 bridgehead atoms. The number of ether oxygens (including phenoxy) is 2. The highest BCUT2D eigenvalue weighted by Gasteiger charge is 2.30. The molecule has 0 aliphatic rings. The van der Waals surface area contributed by atoms with Crippen LogP contribution in [0.5, 0.6) is 5.75 Å². The number of nitrogen functional groups attached to an aromatic ring is 1. The van der Waals surface area contributed by atoms with Gasteiger partial charge in [-0.1, -0.05) is 12.1 Å². The van der Waals surface area contributed by atoms with E-state index in [-0.39, 0.29) is 0 Å². The Kier molecular flexibility index (Phi) is 3.94. The maximum atomic E-state index is 5.87. The molecule has 0 spiro atoms. The van der Waals surface area contributed by atoms with E-state index in [1.165, 1.54) is 0 Å². The van der Waals surface area contributed by atoms with E-state index in [2.05, 4.69) is 10.1 Å². The van der Waals surface area contributed by atoms with E-state index in [4.69, 9.17) is 19.7 Å². The van der Waals surface area contributed by atoms with Crippen molar-refractivity contribution in [2.45, 2.75) is 25.9 Å². The highest BCUT2D eigenvalue weighted by molar-refractivity contribution is 5.65. The number of benzene rings is 1. The Hall–Kier alpha value is -2.08. The van der Waals surface area contributed by atoms with Crippen LogP contribution in [0.15, 0.2) is 22.7 Å². The molecular formula is C14H19N3O3. The normalized spacial score (nSPS) is 14.0. The summed E-state index contributed by atoms with van der Waals surface area (Å²) in [5.74, 6) is 1.54.